The molecular weight excluding hydrogens is 398 g/mol. The van der Waals surface area contributed by atoms with Gasteiger partial charge < -0.3 is 14.8 Å². The van der Waals surface area contributed by atoms with Gasteiger partial charge in [-0.3, -0.25) is 4.90 Å². The predicted octanol–water partition coefficient (Wildman–Crippen LogP) is 2.98. The second-order valence-electron chi connectivity index (χ2n) is 8.38. The maximum Gasteiger partial charge on any atom is 0.194 e. The molecule has 1 aromatic heterocycles. The Labute approximate surface area is 184 Å². The molecule has 0 radical (unpaired) electrons. The Morgan fingerprint density at radius 3 is 2.43 bits per heavy atom. The molecule has 1 N–H and O–H groups in total. The Bertz CT molecular complexity index is 847. The Morgan fingerprint density at radius 1 is 1.10 bits per heavy atom. The molecule has 0 atom stereocenters. The van der Waals surface area contributed by atoms with Crippen molar-refractivity contribution in [2.45, 2.75) is 51.7 Å². The summed E-state index contributed by atoms with van der Waals surface area (Å²) in [6.07, 6.45) is 5.09. The molecule has 162 valence electrons. The summed E-state index contributed by atoms with van der Waals surface area (Å²) in [6, 6.07) is 8.71. The number of piperazine rings is 1. The van der Waals surface area contributed by atoms with Gasteiger partial charge in [-0.25, -0.2) is 4.99 Å². The van der Waals surface area contributed by atoms with Gasteiger partial charge in [-0.1, -0.05) is 36.6 Å². The van der Waals surface area contributed by atoms with Crippen LogP contribution in [0.2, 0.25) is 5.02 Å². The Morgan fingerprint density at radius 2 is 1.80 bits per heavy atom. The maximum absolute atomic E-state index is 6.01. The second kappa shape index (κ2) is 9.79. The molecule has 2 fully saturated rings. The molecule has 1 aromatic carbocycles. The predicted molar refractivity (Wildman–Crippen MR) is 121 cm³/mol. The van der Waals surface area contributed by atoms with Crippen LogP contribution in [0.1, 0.15) is 42.9 Å². The van der Waals surface area contributed by atoms with Crippen LogP contribution in [0.3, 0.4) is 0 Å². The standard InChI is InChI=1S/C22H32ClN7/c1-17-26-27-21(28(17)2)15-24-22(25-20-5-3-4-6-20)30-13-11-29(12-14-30)16-18-7-9-19(23)10-8-18/h7-10,20H,3-6,11-16H2,1-2H3,(H,24,25). The van der Waals surface area contributed by atoms with E-state index in [2.05, 4.69) is 37.4 Å². The summed E-state index contributed by atoms with van der Waals surface area (Å²) in [5.41, 5.74) is 1.31. The minimum Gasteiger partial charge on any atom is -0.353 e. The van der Waals surface area contributed by atoms with Crippen LogP contribution in [0.15, 0.2) is 29.3 Å². The molecule has 0 spiro atoms. The van der Waals surface area contributed by atoms with Gasteiger partial charge in [0.25, 0.3) is 0 Å². The minimum absolute atomic E-state index is 0.539. The topological polar surface area (TPSA) is 61.6 Å². The van der Waals surface area contributed by atoms with E-state index in [0.29, 0.717) is 12.6 Å². The zero-order valence-electron chi connectivity index (χ0n) is 18.0. The molecule has 0 unspecified atom stereocenters. The number of aliphatic imine (C=N–C) groups is 1. The fraction of sp³-hybridized carbons (Fsp3) is 0.591. The Balaban J connectivity index is 1.38. The molecule has 0 amide bonds. The summed E-state index contributed by atoms with van der Waals surface area (Å²) < 4.78 is 2.01. The molecule has 30 heavy (non-hydrogen) atoms. The Hall–Kier alpha value is -2.12. The third kappa shape index (κ3) is 5.32. The van der Waals surface area contributed by atoms with Gasteiger partial charge in [-0.2, -0.15) is 0 Å². The largest absolute Gasteiger partial charge is 0.353 e. The number of nitrogens with zero attached hydrogens (tertiary/aromatic N) is 6. The third-order valence-electron chi connectivity index (χ3n) is 6.23. The van der Waals surface area contributed by atoms with E-state index in [-0.39, 0.29) is 0 Å². The molecular formula is C22H32ClN7. The van der Waals surface area contributed by atoms with E-state index in [0.717, 1.165) is 55.4 Å². The zero-order valence-corrected chi connectivity index (χ0v) is 18.8. The van der Waals surface area contributed by atoms with Gasteiger partial charge in [-0.15, -0.1) is 10.2 Å². The van der Waals surface area contributed by atoms with Gasteiger partial charge in [0.2, 0.25) is 0 Å². The molecule has 1 aliphatic heterocycles. The molecule has 7 nitrogen and oxygen atoms in total. The summed E-state index contributed by atoms with van der Waals surface area (Å²) in [4.78, 5) is 9.85. The van der Waals surface area contributed by atoms with E-state index in [1.807, 2.05) is 30.7 Å². The lowest BCUT2D eigenvalue weighted by atomic mass is 10.2. The van der Waals surface area contributed by atoms with Crippen LogP contribution in [0, 0.1) is 6.92 Å². The van der Waals surface area contributed by atoms with Crippen LogP contribution in [0.5, 0.6) is 0 Å². The highest BCUT2D eigenvalue weighted by Gasteiger charge is 2.23. The molecule has 2 aromatic rings. The second-order valence-corrected chi connectivity index (χ2v) is 8.81. The lowest BCUT2D eigenvalue weighted by Gasteiger charge is -2.37. The summed E-state index contributed by atoms with van der Waals surface area (Å²) in [7, 11) is 2.00. The van der Waals surface area contributed by atoms with Gasteiger partial charge >= 0.3 is 0 Å². The number of hydrogen-bond donors (Lipinski definition) is 1. The van der Waals surface area contributed by atoms with Crippen LogP contribution < -0.4 is 5.32 Å². The summed E-state index contributed by atoms with van der Waals surface area (Å²) in [5, 5.41) is 13.0. The number of rotatable bonds is 5. The van der Waals surface area contributed by atoms with E-state index in [1.165, 1.54) is 31.2 Å². The first-order valence-corrected chi connectivity index (χ1v) is 11.3. The summed E-state index contributed by atoms with van der Waals surface area (Å²) in [5.74, 6) is 2.84. The van der Waals surface area contributed by atoms with Gasteiger partial charge in [0.15, 0.2) is 11.8 Å². The molecule has 0 bridgehead atoms. The van der Waals surface area contributed by atoms with Crippen LogP contribution in [-0.4, -0.2) is 62.7 Å². The van der Waals surface area contributed by atoms with Crippen LogP contribution in [0.4, 0.5) is 0 Å². The average Bonchev–Trinajstić information content (AvgIpc) is 3.38. The average molecular weight is 430 g/mol. The van der Waals surface area contributed by atoms with Crippen molar-refractivity contribution in [3.63, 3.8) is 0 Å². The number of benzene rings is 1. The first-order valence-electron chi connectivity index (χ1n) is 11.0. The van der Waals surface area contributed by atoms with E-state index in [1.54, 1.807) is 0 Å². The van der Waals surface area contributed by atoms with E-state index >= 15 is 0 Å². The zero-order chi connectivity index (χ0) is 20.9. The number of aryl methyl sites for hydroxylation is 1. The lowest BCUT2D eigenvalue weighted by molar-refractivity contribution is 0.171. The highest BCUT2D eigenvalue weighted by Crippen LogP contribution is 2.19. The van der Waals surface area contributed by atoms with Crippen LogP contribution in [-0.2, 0) is 20.1 Å². The molecule has 1 saturated carbocycles. The number of guanidine groups is 1. The molecule has 8 heteroatoms. The molecule has 4 rings (SSSR count). The number of nitrogens with one attached hydrogen (secondary N) is 1. The number of hydrogen-bond acceptors (Lipinski definition) is 4. The quantitative estimate of drug-likeness (QED) is 0.584. The van der Waals surface area contributed by atoms with Crippen molar-refractivity contribution in [3.05, 3.63) is 46.5 Å². The fourth-order valence-electron chi connectivity index (χ4n) is 4.19. The summed E-state index contributed by atoms with van der Waals surface area (Å²) >= 11 is 6.01. The van der Waals surface area contributed by atoms with Crippen molar-refractivity contribution in [2.75, 3.05) is 26.2 Å². The van der Waals surface area contributed by atoms with Crippen molar-refractivity contribution in [1.29, 1.82) is 0 Å². The lowest BCUT2D eigenvalue weighted by Crippen LogP contribution is -2.53. The molecule has 2 aliphatic rings. The highest BCUT2D eigenvalue weighted by molar-refractivity contribution is 6.30. The minimum atomic E-state index is 0.539. The normalized spacial score (nSPS) is 18.9. The monoisotopic (exact) mass is 429 g/mol. The SMILES string of the molecule is Cc1nnc(CN=C(NC2CCCC2)N2CCN(Cc3ccc(Cl)cc3)CC2)n1C. The summed E-state index contributed by atoms with van der Waals surface area (Å²) in [6.45, 7) is 7.49. The van der Waals surface area contributed by atoms with Gasteiger partial charge in [0, 0.05) is 50.8 Å². The highest BCUT2D eigenvalue weighted by atomic mass is 35.5. The van der Waals surface area contributed by atoms with Crippen molar-refractivity contribution in [3.8, 4) is 0 Å². The van der Waals surface area contributed by atoms with Crippen molar-refractivity contribution in [2.24, 2.45) is 12.0 Å². The van der Waals surface area contributed by atoms with Crippen LogP contribution >= 0.6 is 11.6 Å². The van der Waals surface area contributed by atoms with Gasteiger partial charge in [-0.05, 0) is 37.5 Å². The van der Waals surface area contributed by atoms with Crippen molar-refractivity contribution in [1.82, 2.24) is 29.9 Å². The van der Waals surface area contributed by atoms with Crippen molar-refractivity contribution >= 4 is 17.6 Å². The van der Waals surface area contributed by atoms with Gasteiger partial charge in [0.05, 0.1) is 0 Å². The Kier molecular flexibility index (Phi) is 6.89. The first kappa shape index (κ1) is 21.1. The number of aromatic nitrogens is 3. The van der Waals surface area contributed by atoms with E-state index < -0.39 is 0 Å². The van der Waals surface area contributed by atoms with E-state index in [9.17, 15) is 0 Å². The van der Waals surface area contributed by atoms with Gasteiger partial charge in [0.1, 0.15) is 12.4 Å². The number of halogens is 1. The van der Waals surface area contributed by atoms with Crippen molar-refractivity contribution < 1.29 is 0 Å². The molecule has 1 aliphatic carbocycles. The van der Waals surface area contributed by atoms with Crippen LogP contribution in [0.25, 0.3) is 0 Å². The molecule has 1 saturated heterocycles. The maximum atomic E-state index is 6.01. The van der Waals surface area contributed by atoms with E-state index in [4.69, 9.17) is 16.6 Å². The third-order valence-corrected chi connectivity index (χ3v) is 6.48. The fourth-order valence-corrected chi connectivity index (χ4v) is 4.32. The first-order chi connectivity index (χ1) is 14.6. The molecule has 2 heterocycles. The smallest absolute Gasteiger partial charge is 0.194 e.